The Bertz CT molecular complexity index is 1370. The van der Waals surface area contributed by atoms with E-state index in [-0.39, 0.29) is 11.6 Å². The highest BCUT2D eigenvalue weighted by Gasteiger charge is 2.53. The molecule has 3 aromatic carbocycles. The predicted octanol–water partition coefficient (Wildman–Crippen LogP) is 4.43. The number of Topliss-reactive ketones (excluding diaryl/α,β-unsaturated/α-hetero) is 2. The zero-order valence-electron chi connectivity index (χ0n) is 18.0. The van der Waals surface area contributed by atoms with E-state index in [9.17, 15) is 9.59 Å². The third-order valence-electron chi connectivity index (χ3n) is 6.78. The number of imidazole rings is 1. The topological polar surface area (TPSA) is 84.1 Å². The Balaban J connectivity index is 1.41. The van der Waals surface area contributed by atoms with Crippen molar-refractivity contribution >= 4 is 22.6 Å². The number of nitrogens with zero attached hydrogens (tertiary/aromatic N) is 1. The molecule has 2 aliphatic rings. The number of rotatable bonds is 3. The molecule has 1 spiro atoms. The van der Waals surface area contributed by atoms with Crippen LogP contribution >= 0.6 is 0 Å². The van der Waals surface area contributed by atoms with E-state index in [1.165, 1.54) is 0 Å². The first-order valence-corrected chi connectivity index (χ1v) is 11.3. The average molecular weight is 437 g/mol. The van der Waals surface area contributed by atoms with Crippen molar-refractivity contribution < 1.29 is 14.3 Å². The van der Waals surface area contributed by atoms with Crippen LogP contribution in [0, 0.1) is 5.92 Å². The van der Waals surface area contributed by atoms with E-state index in [4.69, 9.17) is 4.74 Å². The summed E-state index contributed by atoms with van der Waals surface area (Å²) in [5.74, 6) is 0.0945. The molecule has 6 nitrogen and oxygen atoms in total. The van der Waals surface area contributed by atoms with Crippen LogP contribution in [0.4, 0.5) is 0 Å². The van der Waals surface area contributed by atoms with E-state index in [0.29, 0.717) is 42.8 Å². The average Bonchev–Trinajstić information content (AvgIpc) is 3.29. The number of carbonyl (C=O) groups excluding carboxylic acids is 2. The Morgan fingerprint density at radius 3 is 2.55 bits per heavy atom. The summed E-state index contributed by atoms with van der Waals surface area (Å²) in [6, 6.07) is 22.5. The van der Waals surface area contributed by atoms with Crippen molar-refractivity contribution in [2.75, 3.05) is 13.1 Å². The van der Waals surface area contributed by atoms with E-state index in [2.05, 4.69) is 15.3 Å². The first-order valence-electron chi connectivity index (χ1n) is 11.3. The van der Waals surface area contributed by atoms with Gasteiger partial charge >= 0.3 is 0 Å². The Kier molecular flexibility index (Phi) is 4.62. The maximum Gasteiger partial charge on any atom is 0.181 e. The highest BCUT2D eigenvalue weighted by atomic mass is 16.5. The number of H-pyrrole nitrogens is 1. The van der Waals surface area contributed by atoms with Crippen molar-refractivity contribution in [3.05, 3.63) is 83.9 Å². The van der Waals surface area contributed by atoms with Crippen molar-refractivity contribution in [1.82, 2.24) is 15.3 Å². The quantitative estimate of drug-likeness (QED) is 0.366. The normalized spacial score (nSPS) is 19.3. The van der Waals surface area contributed by atoms with Crippen LogP contribution in [-0.2, 0) is 0 Å². The first-order chi connectivity index (χ1) is 16.1. The minimum absolute atomic E-state index is 0.154. The minimum Gasteiger partial charge on any atom is -0.485 e. The van der Waals surface area contributed by atoms with E-state index >= 15 is 0 Å². The molecule has 0 saturated carbocycles. The molecule has 1 unspecified atom stereocenters. The Morgan fingerprint density at radius 1 is 0.970 bits per heavy atom. The van der Waals surface area contributed by atoms with Gasteiger partial charge in [-0.3, -0.25) is 9.59 Å². The lowest BCUT2D eigenvalue weighted by molar-refractivity contribution is -0.0138. The largest absolute Gasteiger partial charge is 0.485 e. The molecule has 2 aliphatic heterocycles. The van der Waals surface area contributed by atoms with Crippen LogP contribution in [0.1, 0.15) is 33.6 Å². The second-order valence-electron chi connectivity index (χ2n) is 8.76. The van der Waals surface area contributed by atoms with Crippen molar-refractivity contribution in [3.63, 3.8) is 0 Å². The summed E-state index contributed by atoms with van der Waals surface area (Å²) in [5.41, 5.74) is 2.66. The number of para-hydroxylation sites is 1. The van der Waals surface area contributed by atoms with Crippen molar-refractivity contribution in [2.45, 2.75) is 18.4 Å². The molecule has 0 radical (unpaired) electrons. The van der Waals surface area contributed by atoms with Gasteiger partial charge in [0.05, 0.1) is 16.6 Å². The van der Waals surface area contributed by atoms with Gasteiger partial charge in [-0.05, 0) is 43.4 Å². The van der Waals surface area contributed by atoms with Gasteiger partial charge in [-0.2, -0.15) is 0 Å². The second-order valence-corrected chi connectivity index (χ2v) is 8.76. The number of benzene rings is 3. The third-order valence-corrected chi connectivity index (χ3v) is 6.78. The number of hydrogen-bond acceptors (Lipinski definition) is 5. The lowest BCUT2D eigenvalue weighted by Crippen LogP contribution is -2.58. The van der Waals surface area contributed by atoms with Gasteiger partial charge in [0.15, 0.2) is 11.6 Å². The van der Waals surface area contributed by atoms with Crippen LogP contribution in [0.15, 0.2) is 72.8 Å². The summed E-state index contributed by atoms with van der Waals surface area (Å²) < 4.78 is 6.43. The zero-order chi connectivity index (χ0) is 22.4. The van der Waals surface area contributed by atoms with Gasteiger partial charge in [-0.25, -0.2) is 4.98 Å². The van der Waals surface area contributed by atoms with Crippen LogP contribution in [-0.4, -0.2) is 40.2 Å². The number of nitrogens with one attached hydrogen (secondary N) is 2. The van der Waals surface area contributed by atoms with E-state index in [1.807, 2.05) is 54.6 Å². The number of aromatic nitrogens is 2. The van der Waals surface area contributed by atoms with Gasteiger partial charge in [0.2, 0.25) is 0 Å². The molecule has 0 bridgehead atoms. The number of piperidine rings is 1. The number of fused-ring (bicyclic) bond motifs is 2. The van der Waals surface area contributed by atoms with Crippen LogP contribution < -0.4 is 10.1 Å². The third kappa shape index (κ3) is 3.26. The van der Waals surface area contributed by atoms with E-state index < -0.39 is 11.5 Å². The van der Waals surface area contributed by atoms with Gasteiger partial charge in [-0.15, -0.1) is 0 Å². The highest BCUT2D eigenvalue weighted by molar-refractivity contribution is 6.19. The van der Waals surface area contributed by atoms with Gasteiger partial charge in [0.25, 0.3) is 0 Å². The van der Waals surface area contributed by atoms with Crippen LogP contribution in [0.2, 0.25) is 0 Å². The summed E-state index contributed by atoms with van der Waals surface area (Å²) in [5, 5.41) is 3.32. The Hall–Kier alpha value is -3.77. The smallest absolute Gasteiger partial charge is 0.181 e. The molecule has 6 heteroatoms. The number of hydrogen-bond donors (Lipinski definition) is 2. The number of ketones is 2. The van der Waals surface area contributed by atoms with Gasteiger partial charge in [0, 0.05) is 24.0 Å². The predicted molar refractivity (Wildman–Crippen MR) is 126 cm³/mol. The molecule has 1 aromatic heterocycles. The molecule has 0 amide bonds. The molecule has 2 N–H and O–H groups in total. The van der Waals surface area contributed by atoms with Gasteiger partial charge in [0.1, 0.15) is 23.1 Å². The Labute approximate surface area is 191 Å². The van der Waals surface area contributed by atoms with Crippen LogP contribution in [0.3, 0.4) is 0 Å². The SMILES string of the molecule is O=C(c1ccc2nc(-c3ccccc3)[nH]c2c1)C1C(=O)c2ccccc2OC12CCNCC2. The molecular weight excluding hydrogens is 414 g/mol. The Morgan fingerprint density at radius 2 is 1.73 bits per heavy atom. The molecule has 1 fully saturated rings. The van der Waals surface area contributed by atoms with E-state index in [1.54, 1.807) is 18.2 Å². The van der Waals surface area contributed by atoms with Crippen LogP contribution in [0.25, 0.3) is 22.4 Å². The second kappa shape index (κ2) is 7.67. The fraction of sp³-hybridized carbons (Fsp3) is 0.222. The fourth-order valence-electron chi connectivity index (χ4n) is 5.09. The van der Waals surface area contributed by atoms with Crippen molar-refractivity contribution in [1.29, 1.82) is 0 Å². The lowest BCUT2D eigenvalue weighted by atomic mass is 9.70. The molecule has 1 atom stereocenters. The van der Waals surface area contributed by atoms with Crippen LogP contribution in [0.5, 0.6) is 5.75 Å². The number of carbonyl (C=O) groups is 2. The number of aromatic amines is 1. The maximum atomic E-state index is 13.9. The molecule has 0 aliphatic carbocycles. The first kappa shape index (κ1) is 19.9. The lowest BCUT2D eigenvalue weighted by Gasteiger charge is -2.45. The number of ether oxygens (including phenoxy) is 1. The highest BCUT2D eigenvalue weighted by Crippen LogP contribution is 2.43. The molecule has 6 rings (SSSR count). The van der Waals surface area contributed by atoms with E-state index in [0.717, 1.165) is 22.4 Å². The minimum atomic E-state index is -0.872. The summed E-state index contributed by atoms with van der Waals surface area (Å²) >= 11 is 0. The zero-order valence-corrected chi connectivity index (χ0v) is 18.0. The molecule has 33 heavy (non-hydrogen) atoms. The summed E-state index contributed by atoms with van der Waals surface area (Å²) in [6.45, 7) is 1.42. The van der Waals surface area contributed by atoms with Gasteiger partial charge < -0.3 is 15.0 Å². The van der Waals surface area contributed by atoms with Crippen molar-refractivity contribution in [2.24, 2.45) is 5.92 Å². The molecule has 164 valence electrons. The monoisotopic (exact) mass is 437 g/mol. The molecular formula is C27H23N3O3. The fourth-order valence-corrected chi connectivity index (χ4v) is 5.09. The summed E-state index contributed by atoms with van der Waals surface area (Å²) in [7, 11) is 0. The summed E-state index contributed by atoms with van der Waals surface area (Å²) in [4.78, 5) is 35.5. The standard InChI is InChI=1S/C27H23N3O3/c31-24(18-10-11-20-21(16-18)30-26(29-20)17-6-2-1-3-7-17)23-25(32)19-8-4-5-9-22(19)33-27(23)12-14-28-15-13-27/h1-11,16,23,28H,12-15H2,(H,29,30). The summed E-state index contributed by atoms with van der Waals surface area (Å²) in [6.07, 6.45) is 1.21. The molecule has 1 saturated heterocycles. The molecule has 4 aromatic rings. The maximum absolute atomic E-state index is 13.9. The van der Waals surface area contributed by atoms with Crippen molar-refractivity contribution in [3.8, 4) is 17.1 Å². The van der Waals surface area contributed by atoms with Gasteiger partial charge in [-0.1, -0.05) is 42.5 Å². The molecule has 3 heterocycles.